The Hall–Kier alpha value is -2.30. The molecule has 1 amide bonds. The van der Waals surface area contributed by atoms with Crippen LogP contribution in [0, 0.1) is 18.8 Å². The Morgan fingerprint density at radius 3 is 2.96 bits per heavy atom. The maximum absolute atomic E-state index is 12.8. The third-order valence-electron chi connectivity index (χ3n) is 5.78. The maximum Gasteiger partial charge on any atom is 0.274 e. The molecule has 2 aromatic rings. The molecule has 1 aromatic heterocycles. The number of fused-ring (bicyclic) bond motifs is 3. The fourth-order valence-electron chi connectivity index (χ4n) is 3.95. The van der Waals surface area contributed by atoms with Gasteiger partial charge < -0.3 is 14.6 Å². The Morgan fingerprint density at radius 2 is 2.12 bits per heavy atom. The standard InChI is InChI=1S/C20H24N2O3/c1-11-7-8-17-14(9-11)19-15(10-24-17)18(22-25-19)20(23)21-16-6-4-5-12(2)13(16)3/h7-9,12-13,16H,4-6,10H2,1-3H3,(H,21,23)/t12-,13+,16+/m0/s1. The second-order valence-electron chi connectivity index (χ2n) is 7.47. The Bertz CT molecular complexity index is 811. The Balaban J connectivity index is 1.60. The van der Waals surface area contributed by atoms with E-state index in [9.17, 15) is 4.79 Å². The molecule has 5 nitrogen and oxygen atoms in total. The highest BCUT2D eigenvalue weighted by Crippen LogP contribution is 2.39. The Kier molecular flexibility index (Phi) is 4.02. The van der Waals surface area contributed by atoms with Crippen molar-refractivity contribution in [2.24, 2.45) is 11.8 Å². The van der Waals surface area contributed by atoms with Crippen molar-refractivity contribution in [3.05, 3.63) is 35.0 Å². The molecule has 0 bridgehead atoms. The molecular formula is C20H24N2O3. The molecule has 0 saturated heterocycles. The molecule has 1 aliphatic heterocycles. The number of ether oxygens (including phenoxy) is 1. The number of hydrogen-bond donors (Lipinski definition) is 1. The number of carbonyl (C=O) groups excluding carboxylic acids is 1. The molecule has 0 unspecified atom stereocenters. The van der Waals surface area contributed by atoms with Crippen LogP contribution >= 0.6 is 0 Å². The summed E-state index contributed by atoms with van der Waals surface area (Å²) in [5.41, 5.74) is 3.08. The molecule has 1 saturated carbocycles. The van der Waals surface area contributed by atoms with Crippen LogP contribution in [0.4, 0.5) is 0 Å². The van der Waals surface area contributed by atoms with E-state index in [4.69, 9.17) is 9.26 Å². The molecule has 3 atom stereocenters. The fourth-order valence-corrected chi connectivity index (χ4v) is 3.95. The number of nitrogens with zero attached hydrogens (tertiary/aromatic N) is 1. The lowest BCUT2D eigenvalue weighted by Crippen LogP contribution is -2.44. The molecule has 1 N–H and O–H groups in total. The van der Waals surface area contributed by atoms with Crippen LogP contribution in [0.3, 0.4) is 0 Å². The van der Waals surface area contributed by atoms with Crippen molar-refractivity contribution in [3.63, 3.8) is 0 Å². The number of benzene rings is 1. The number of hydrogen-bond acceptors (Lipinski definition) is 4. The van der Waals surface area contributed by atoms with Gasteiger partial charge in [0.1, 0.15) is 12.4 Å². The topological polar surface area (TPSA) is 64.4 Å². The first-order valence-corrected chi connectivity index (χ1v) is 9.08. The third-order valence-corrected chi connectivity index (χ3v) is 5.78. The molecule has 5 heteroatoms. The van der Waals surface area contributed by atoms with Gasteiger partial charge in [-0.25, -0.2) is 0 Å². The SMILES string of the molecule is Cc1ccc2c(c1)-c1onc(C(=O)N[C@@H]3CCC[C@H](C)[C@H]3C)c1CO2. The van der Waals surface area contributed by atoms with Crippen molar-refractivity contribution in [1.29, 1.82) is 0 Å². The quantitative estimate of drug-likeness (QED) is 0.894. The second kappa shape index (κ2) is 6.21. The molecule has 2 aliphatic rings. The zero-order valence-corrected chi connectivity index (χ0v) is 15.0. The average Bonchev–Trinajstić information content (AvgIpc) is 3.03. The van der Waals surface area contributed by atoms with Gasteiger partial charge in [-0.1, -0.05) is 43.5 Å². The molecule has 25 heavy (non-hydrogen) atoms. The number of rotatable bonds is 2. The van der Waals surface area contributed by atoms with Gasteiger partial charge in [-0.3, -0.25) is 4.79 Å². The summed E-state index contributed by atoms with van der Waals surface area (Å²) in [6.07, 6.45) is 3.41. The minimum atomic E-state index is -0.157. The van der Waals surface area contributed by atoms with E-state index in [2.05, 4.69) is 24.3 Å². The van der Waals surface area contributed by atoms with Gasteiger partial charge in [0.15, 0.2) is 11.5 Å². The van der Waals surface area contributed by atoms with Gasteiger partial charge in [0, 0.05) is 6.04 Å². The summed E-state index contributed by atoms with van der Waals surface area (Å²) in [5, 5.41) is 7.24. The fraction of sp³-hybridized carbons (Fsp3) is 0.500. The molecule has 1 aromatic carbocycles. The lowest BCUT2D eigenvalue weighted by atomic mass is 9.78. The lowest BCUT2D eigenvalue weighted by molar-refractivity contribution is 0.0880. The van der Waals surface area contributed by atoms with Crippen molar-refractivity contribution in [3.8, 4) is 17.1 Å². The number of amides is 1. The summed E-state index contributed by atoms with van der Waals surface area (Å²) < 4.78 is 11.3. The van der Waals surface area contributed by atoms with E-state index in [1.54, 1.807) is 0 Å². The zero-order chi connectivity index (χ0) is 17.6. The second-order valence-corrected chi connectivity index (χ2v) is 7.47. The highest BCUT2D eigenvalue weighted by Gasteiger charge is 2.32. The van der Waals surface area contributed by atoms with Crippen LogP contribution in [0.1, 0.15) is 54.7 Å². The van der Waals surface area contributed by atoms with Crippen molar-refractivity contribution in [1.82, 2.24) is 10.5 Å². The van der Waals surface area contributed by atoms with Crippen LogP contribution in [-0.2, 0) is 6.61 Å². The van der Waals surface area contributed by atoms with Gasteiger partial charge in [-0.05, 0) is 37.3 Å². The van der Waals surface area contributed by atoms with Gasteiger partial charge in [-0.2, -0.15) is 0 Å². The summed E-state index contributed by atoms with van der Waals surface area (Å²) in [6, 6.07) is 6.13. The Labute approximate surface area is 147 Å². The van der Waals surface area contributed by atoms with E-state index in [-0.39, 0.29) is 11.9 Å². The number of aromatic nitrogens is 1. The van der Waals surface area contributed by atoms with Crippen molar-refractivity contribution >= 4 is 5.91 Å². The summed E-state index contributed by atoms with van der Waals surface area (Å²) in [4.78, 5) is 12.8. The average molecular weight is 340 g/mol. The first kappa shape index (κ1) is 16.2. The summed E-state index contributed by atoms with van der Waals surface area (Å²) in [6.45, 7) is 6.81. The minimum absolute atomic E-state index is 0.157. The van der Waals surface area contributed by atoms with E-state index in [0.29, 0.717) is 29.9 Å². The minimum Gasteiger partial charge on any atom is -0.488 e. The van der Waals surface area contributed by atoms with E-state index < -0.39 is 0 Å². The van der Waals surface area contributed by atoms with Crippen LogP contribution in [-0.4, -0.2) is 17.1 Å². The largest absolute Gasteiger partial charge is 0.488 e. The number of aryl methyl sites for hydroxylation is 1. The van der Waals surface area contributed by atoms with Crippen LogP contribution < -0.4 is 10.1 Å². The van der Waals surface area contributed by atoms with E-state index >= 15 is 0 Å². The van der Waals surface area contributed by atoms with Crippen molar-refractivity contribution in [2.75, 3.05) is 0 Å². The van der Waals surface area contributed by atoms with Crippen LogP contribution in [0.25, 0.3) is 11.3 Å². The maximum atomic E-state index is 12.8. The zero-order valence-electron chi connectivity index (χ0n) is 15.0. The van der Waals surface area contributed by atoms with Gasteiger partial charge in [0.2, 0.25) is 0 Å². The molecule has 0 spiro atoms. The molecule has 4 rings (SSSR count). The highest BCUT2D eigenvalue weighted by molar-refractivity contribution is 5.95. The van der Waals surface area contributed by atoms with Crippen molar-refractivity contribution < 1.29 is 14.1 Å². The predicted molar refractivity (Wildman–Crippen MR) is 94.4 cm³/mol. The lowest BCUT2D eigenvalue weighted by Gasteiger charge is -2.34. The van der Waals surface area contributed by atoms with Crippen LogP contribution in [0.5, 0.6) is 5.75 Å². The van der Waals surface area contributed by atoms with Crippen molar-refractivity contribution in [2.45, 2.75) is 52.7 Å². The summed E-state index contributed by atoms with van der Waals surface area (Å²) >= 11 is 0. The van der Waals surface area contributed by atoms with E-state index in [1.165, 1.54) is 6.42 Å². The molecule has 132 valence electrons. The van der Waals surface area contributed by atoms with Gasteiger partial charge in [-0.15, -0.1) is 0 Å². The van der Waals surface area contributed by atoms with E-state index in [0.717, 1.165) is 35.3 Å². The van der Waals surface area contributed by atoms with Gasteiger partial charge in [0.25, 0.3) is 5.91 Å². The summed E-state index contributed by atoms with van der Waals surface area (Å²) in [7, 11) is 0. The third kappa shape index (κ3) is 2.81. The van der Waals surface area contributed by atoms with Crippen LogP contribution in [0.2, 0.25) is 0 Å². The molecule has 1 fully saturated rings. The first-order valence-electron chi connectivity index (χ1n) is 9.08. The molecule has 0 radical (unpaired) electrons. The highest BCUT2D eigenvalue weighted by atomic mass is 16.5. The summed E-state index contributed by atoms with van der Waals surface area (Å²) in [5.74, 6) is 2.37. The first-order chi connectivity index (χ1) is 12.0. The van der Waals surface area contributed by atoms with Gasteiger partial charge >= 0.3 is 0 Å². The monoisotopic (exact) mass is 340 g/mol. The normalized spacial score (nSPS) is 24.8. The molecule has 1 aliphatic carbocycles. The van der Waals surface area contributed by atoms with Gasteiger partial charge in [0.05, 0.1) is 11.1 Å². The van der Waals surface area contributed by atoms with E-state index in [1.807, 2.05) is 25.1 Å². The predicted octanol–water partition coefficient (Wildman–Crippen LogP) is 4.10. The molecular weight excluding hydrogens is 316 g/mol. The number of carbonyl (C=O) groups is 1. The number of nitrogens with one attached hydrogen (secondary N) is 1. The smallest absolute Gasteiger partial charge is 0.274 e. The Morgan fingerprint density at radius 1 is 1.28 bits per heavy atom. The molecule has 2 heterocycles. The van der Waals surface area contributed by atoms with Crippen LogP contribution in [0.15, 0.2) is 22.7 Å².